The molecule has 1 aliphatic heterocycles. The summed E-state index contributed by atoms with van der Waals surface area (Å²) in [7, 11) is -3.69. The van der Waals surface area contributed by atoms with E-state index < -0.39 is 15.9 Å². The van der Waals surface area contributed by atoms with E-state index in [9.17, 15) is 13.2 Å². The van der Waals surface area contributed by atoms with Crippen molar-refractivity contribution in [3.63, 3.8) is 0 Å². The molecule has 5 rings (SSSR count). The zero-order valence-electron chi connectivity index (χ0n) is 19.4. The van der Waals surface area contributed by atoms with Crippen LogP contribution in [0.2, 0.25) is 4.34 Å². The summed E-state index contributed by atoms with van der Waals surface area (Å²) in [5.74, 6) is -0.188. The lowest BCUT2D eigenvalue weighted by Gasteiger charge is -2.30. The number of amides is 1. The van der Waals surface area contributed by atoms with Gasteiger partial charge in [0.15, 0.2) is 0 Å². The molecule has 4 heterocycles. The van der Waals surface area contributed by atoms with Gasteiger partial charge < -0.3 is 5.32 Å². The number of benzene rings is 1. The predicted molar refractivity (Wildman–Crippen MR) is 140 cm³/mol. The summed E-state index contributed by atoms with van der Waals surface area (Å²) < 4.78 is 30.8. The summed E-state index contributed by atoms with van der Waals surface area (Å²) in [6.45, 7) is 6.44. The van der Waals surface area contributed by atoms with E-state index in [1.54, 1.807) is 16.8 Å². The van der Waals surface area contributed by atoms with Gasteiger partial charge in [-0.2, -0.15) is 14.1 Å². The highest BCUT2D eigenvalue weighted by molar-refractivity contribution is 7.91. The van der Waals surface area contributed by atoms with Gasteiger partial charge in [-0.25, -0.2) is 13.4 Å². The highest BCUT2D eigenvalue weighted by Gasteiger charge is 2.34. The average molecular weight is 550 g/mol. The monoisotopic (exact) mass is 549 g/mol. The Hall–Kier alpha value is -2.31. The first-order valence-electron chi connectivity index (χ1n) is 11.1. The van der Waals surface area contributed by atoms with Crippen LogP contribution in [0.3, 0.4) is 0 Å². The summed E-state index contributed by atoms with van der Waals surface area (Å²) in [6.07, 6.45) is 1.21. The molecule has 0 bridgehead atoms. The molecule has 0 spiro atoms. The molecular weight excluding hydrogens is 526 g/mol. The Morgan fingerprint density at radius 1 is 1.17 bits per heavy atom. The van der Waals surface area contributed by atoms with Crippen LogP contribution in [0.15, 0.2) is 34.5 Å². The van der Waals surface area contributed by atoms with Gasteiger partial charge in [0.05, 0.1) is 26.2 Å². The highest BCUT2D eigenvalue weighted by atomic mass is 35.5. The van der Waals surface area contributed by atoms with Crippen molar-refractivity contribution in [1.29, 1.82) is 0 Å². The van der Waals surface area contributed by atoms with Gasteiger partial charge in [0.2, 0.25) is 11.0 Å². The van der Waals surface area contributed by atoms with Crippen molar-refractivity contribution in [1.82, 2.24) is 19.1 Å². The minimum absolute atomic E-state index is 0.121. The Labute approximate surface area is 216 Å². The summed E-state index contributed by atoms with van der Waals surface area (Å²) in [5, 5.41) is 8.20. The van der Waals surface area contributed by atoms with Crippen molar-refractivity contribution in [3.8, 4) is 5.13 Å². The number of aryl methyl sites for hydroxylation is 3. The molecule has 8 nitrogen and oxygen atoms in total. The molecule has 1 saturated heterocycles. The maximum absolute atomic E-state index is 13.2. The lowest BCUT2D eigenvalue weighted by atomic mass is 9.99. The van der Waals surface area contributed by atoms with E-state index in [0.717, 1.165) is 38.4 Å². The Kier molecular flexibility index (Phi) is 6.47. The molecule has 12 heteroatoms. The van der Waals surface area contributed by atoms with Crippen LogP contribution in [0.1, 0.15) is 29.7 Å². The van der Waals surface area contributed by atoms with Crippen LogP contribution in [-0.2, 0) is 14.8 Å². The van der Waals surface area contributed by atoms with Crippen LogP contribution in [0, 0.1) is 26.7 Å². The van der Waals surface area contributed by atoms with E-state index in [2.05, 4.69) is 29.5 Å². The van der Waals surface area contributed by atoms with Gasteiger partial charge in [-0.05, 0) is 62.9 Å². The first-order valence-corrected chi connectivity index (χ1v) is 14.6. The molecule has 1 unspecified atom stereocenters. The molecule has 1 N–H and O–H groups in total. The van der Waals surface area contributed by atoms with E-state index in [1.165, 1.54) is 21.7 Å². The number of piperidine rings is 1. The molecule has 1 fully saturated rings. The maximum Gasteiger partial charge on any atom is 0.252 e. The van der Waals surface area contributed by atoms with E-state index in [0.29, 0.717) is 34.7 Å². The van der Waals surface area contributed by atoms with Gasteiger partial charge in [0.1, 0.15) is 10.0 Å². The summed E-state index contributed by atoms with van der Waals surface area (Å²) >= 11 is 8.48. The van der Waals surface area contributed by atoms with E-state index in [-0.39, 0.29) is 16.7 Å². The van der Waals surface area contributed by atoms with Gasteiger partial charge in [-0.1, -0.05) is 29.0 Å². The number of carbonyl (C=O) groups is 1. The van der Waals surface area contributed by atoms with Crippen molar-refractivity contribution >= 4 is 66.2 Å². The quantitative estimate of drug-likeness (QED) is 0.371. The zero-order valence-corrected chi connectivity index (χ0v) is 22.6. The topological polar surface area (TPSA) is 97.2 Å². The third-order valence-corrected chi connectivity index (χ3v) is 10.5. The van der Waals surface area contributed by atoms with Gasteiger partial charge in [0.25, 0.3) is 10.0 Å². The fourth-order valence-corrected chi connectivity index (χ4v) is 8.62. The van der Waals surface area contributed by atoms with Gasteiger partial charge in [-0.3, -0.25) is 4.79 Å². The molecule has 35 heavy (non-hydrogen) atoms. The number of sulfonamides is 1. The molecular formula is C23H24ClN5O3S3. The number of nitrogens with zero attached hydrogens (tertiary/aromatic N) is 4. The van der Waals surface area contributed by atoms with Crippen LogP contribution < -0.4 is 5.32 Å². The van der Waals surface area contributed by atoms with Crippen molar-refractivity contribution in [3.05, 3.63) is 51.5 Å². The second kappa shape index (κ2) is 9.29. The van der Waals surface area contributed by atoms with Crippen LogP contribution in [0.25, 0.3) is 15.3 Å². The molecule has 1 aromatic carbocycles. The van der Waals surface area contributed by atoms with Crippen molar-refractivity contribution < 1.29 is 13.2 Å². The van der Waals surface area contributed by atoms with Crippen LogP contribution >= 0.6 is 34.3 Å². The second-order valence-corrected chi connectivity index (χ2v) is 13.6. The number of hydrogen-bond donors (Lipinski definition) is 1. The molecule has 0 aliphatic carbocycles. The predicted octanol–water partition coefficient (Wildman–Crippen LogP) is 5.16. The van der Waals surface area contributed by atoms with Gasteiger partial charge in [-0.15, -0.1) is 11.3 Å². The normalized spacial score (nSPS) is 17.2. The van der Waals surface area contributed by atoms with Crippen molar-refractivity contribution in [2.24, 2.45) is 5.92 Å². The highest BCUT2D eigenvalue weighted by Crippen LogP contribution is 2.32. The minimum Gasteiger partial charge on any atom is -0.310 e. The first kappa shape index (κ1) is 24.4. The Balaban J connectivity index is 1.38. The van der Waals surface area contributed by atoms with Gasteiger partial charge >= 0.3 is 0 Å². The first-order chi connectivity index (χ1) is 16.6. The molecule has 1 amide bonds. The van der Waals surface area contributed by atoms with E-state index in [1.807, 2.05) is 13.8 Å². The molecule has 4 aromatic rings. The lowest BCUT2D eigenvalue weighted by Crippen LogP contribution is -2.43. The zero-order chi connectivity index (χ0) is 24.9. The number of hydrogen-bond acceptors (Lipinski definition) is 7. The van der Waals surface area contributed by atoms with Crippen LogP contribution in [-0.4, -0.2) is 46.5 Å². The number of fused-ring (bicyclic) bond motifs is 1. The molecule has 1 aliphatic rings. The van der Waals surface area contributed by atoms with E-state index in [4.69, 9.17) is 16.6 Å². The lowest BCUT2D eigenvalue weighted by molar-refractivity contribution is -0.120. The molecule has 0 saturated carbocycles. The van der Waals surface area contributed by atoms with Gasteiger partial charge in [0, 0.05) is 19.2 Å². The summed E-state index contributed by atoms with van der Waals surface area (Å²) in [6, 6.07) is 9.06. The molecule has 184 valence electrons. The molecule has 3 aromatic heterocycles. The SMILES string of the molecule is Cc1cc(C)c2nc(-n3nc(C)cc3NC(=O)C3CCCN(S(=O)(=O)c4ccc(Cl)s4)C3)sc2c1. The minimum atomic E-state index is -3.69. The van der Waals surface area contributed by atoms with Crippen molar-refractivity contribution in [2.75, 3.05) is 18.4 Å². The third kappa shape index (κ3) is 4.75. The Morgan fingerprint density at radius 2 is 1.97 bits per heavy atom. The van der Waals surface area contributed by atoms with Crippen LogP contribution in [0.5, 0.6) is 0 Å². The molecule has 1 atom stereocenters. The fraction of sp³-hybridized carbons (Fsp3) is 0.348. The number of carbonyl (C=O) groups excluding carboxylic acids is 1. The second-order valence-electron chi connectivity index (χ2n) is 8.76. The van der Waals surface area contributed by atoms with E-state index >= 15 is 0 Å². The number of halogens is 1. The number of rotatable bonds is 5. The summed E-state index contributed by atoms with van der Waals surface area (Å²) in [5.41, 5.74) is 3.92. The average Bonchev–Trinajstić information content (AvgIpc) is 3.52. The summed E-state index contributed by atoms with van der Waals surface area (Å²) in [4.78, 5) is 18.0. The largest absolute Gasteiger partial charge is 0.310 e. The Bertz CT molecular complexity index is 1540. The standard InChI is InChI=1S/C23H24ClN5O3S3/c1-13-9-14(2)21-17(10-13)33-23(26-21)29-19(11-15(3)27-29)25-22(30)16-5-4-8-28(12-16)35(31,32)20-7-6-18(24)34-20/h6-7,9-11,16H,4-5,8,12H2,1-3H3,(H,25,30). The molecule has 0 radical (unpaired) electrons. The van der Waals surface area contributed by atoms with Crippen LogP contribution in [0.4, 0.5) is 5.82 Å². The fourth-order valence-electron chi connectivity index (χ4n) is 4.35. The Morgan fingerprint density at radius 3 is 2.71 bits per heavy atom. The van der Waals surface area contributed by atoms with Crippen molar-refractivity contribution in [2.45, 2.75) is 37.8 Å². The number of aromatic nitrogens is 3. The number of nitrogens with one attached hydrogen (secondary N) is 1. The number of thiophene rings is 1. The number of anilines is 1. The third-order valence-electron chi connectivity index (χ3n) is 5.98. The maximum atomic E-state index is 13.2. The number of thiazole rings is 1. The smallest absolute Gasteiger partial charge is 0.252 e.